The molecule has 0 unspecified atom stereocenters. The van der Waals surface area contributed by atoms with Crippen molar-refractivity contribution in [2.24, 2.45) is 0 Å². The summed E-state index contributed by atoms with van der Waals surface area (Å²) in [4.78, 5) is 24.1. The number of amides is 2. The van der Waals surface area contributed by atoms with E-state index in [1.807, 2.05) is 48.5 Å². The van der Waals surface area contributed by atoms with Crippen molar-refractivity contribution in [2.45, 2.75) is 6.61 Å². The van der Waals surface area contributed by atoms with Crippen molar-refractivity contribution in [3.63, 3.8) is 0 Å². The van der Waals surface area contributed by atoms with Gasteiger partial charge in [0.05, 0.1) is 0 Å². The van der Waals surface area contributed by atoms with Crippen LogP contribution in [0.15, 0.2) is 83.3 Å². The Morgan fingerprint density at radius 3 is 2.19 bits per heavy atom. The molecule has 0 heterocycles. The topological polar surface area (TPSA) is 76.7 Å². The first kappa shape index (κ1) is 22.4. The molecule has 0 radical (unpaired) electrons. The molecule has 0 aliphatic rings. The van der Waals surface area contributed by atoms with E-state index in [0.29, 0.717) is 36.8 Å². The van der Waals surface area contributed by atoms with Gasteiger partial charge in [-0.15, -0.1) is 0 Å². The van der Waals surface area contributed by atoms with Crippen LogP contribution in [-0.4, -0.2) is 31.5 Å². The molecule has 7 heteroatoms. The summed E-state index contributed by atoms with van der Waals surface area (Å²) in [7, 11) is 0. The molecule has 0 saturated heterocycles. The van der Waals surface area contributed by atoms with Gasteiger partial charge >= 0.3 is 0 Å². The van der Waals surface area contributed by atoms with Crippen molar-refractivity contribution in [3.05, 3.63) is 94.5 Å². The third-order valence-electron chi connectivity index (χ3n) is 4.26. The van der Waals surface area contributed by atoms with E-state index >= 15 is 0 Å². The standard InChI is InChI=1S/C24H23BrN2O4/c25-20-10-6-9-19(15-20)24(29)27-14-13-26-23(28)17-31-22-12-5-4-11-21(22)30-16-18-7-2-1-3-8-18/h1-12,15H,13-14,16-17H2,(H,26,28)(H,27,29). The largest absolute Gasteiger partial charge is 0.485 e. The summed E-state index contributed by atoms with van der Waals surface area (Å²) in [5.74, 6) is 0.586. The van der Waals surface area contributed by atoms with Gasteiger partial charge in [-0.3, -0.25) is 9.59 Å². The summed E-state index contributed by atoms with van der Waals surface area (Å²) in [5, 5.41) is 5.48. The van der Waals surface area contributed by atoms with Gasteiger partial charge in [0.1, 0.15) is 6.61 Å². The Morgan fingerprint density at radius 1 is 0.774 bits per heavy atom. The van der Waals surface area contributed by atoms with E-state index in [9.17, 15) is 9.59 Å². The lowest BCUT2D eigenvalue weighted by Gasteiger charge is -2.13. The quantitative estimate of drug-likeness (QED) is 0.429. The van der Waals surface area contributed by atoms with Crippen LogP contribution in [0.5, 0.6) is 11.5 Å². The normalized spacial score (nSPS) is 10.2. The number of carbonyl (C=O) groups is 2. The molecular formula is C24H23BrN2O4. The monoisotopic (exact) mass is 482 g/mol. The van der Waals surface area contributed by atoms with Crippen LogP contribution in [0.4, 0.5) is 0 Å². The van der Waals surface area contributed by atoms with Gasteiger partial charge in [0.25, 0.3) is 11.8 Å². The fourth-order valence-electron chi connectivity index (χ4n) is 2.73. The fraction of sp³-hybridized carbons (Fsp3) is 0.167. The number of ether oxygens (including phenoxy) is 2. The lowest BCUT2D eigenvalue weighted by molar-refractivity contribution is -0.123. The van der Waals surface area contributed by atoms with Crippen molar-refractivity contribution < 1.29 is 19.1 Å². The van der Waals surface area contributed by atoms with Gasteiger partial charge in [0, 0.05) is 23.1 Å². The van der Waals surface area contributed by atoms with Crippen molar-refractivity contribution in [2.75, 3.05) is 19.7 Å². The molecule has 3 aromatic carbocycles. The number of halogens is 1. The van der Waals surface area contributed by atoms with Crippen LogP contribution < -0.4 is 20.1 Å². The van der Waals surface area contributed by atoms with Gasteiger partial charge in [-0.1, -0.05) is 64.5 Å². The van der Waals surface area contributed by atoms with Crippen LogP contribution in [-0.2, 0) is 11.4 Å². The molecule has 6 nitrogen and oxygen atoms in total. The van der Waals surface area contributed by atoms with Gasteiger partial charge in [-0.25, -0.2) is 0 Å². The van der Waals surface area contributed by atoms with E-state index in [1.165, 1.54) is 0 Å². The molecule has 0 aliphatic heterocycles. The van der Waals surface area contributed by atoms with E-state index in [4.69, 9.17) is 9.47 Å². The number of para-hydroxylation sites is 2. The first-order valence-electron chi connectivity index (χ1n) is 9.81. The van der Waals surface area contributed by atoms with Crippen molar-refractivity contribution in [3.8, 4) is 11.5 Å². The smallest absolute Gasteiger partial charge is 0.258 e. The van der Waals surface area contributed by atoms with Gasteiger partial charge in [-0.05, 0) is 35.9 Å². The molecule has 0 aromatic heterocycles. The summed E-state index contributed by atoms with van der Waals surface area (Å²) in [5.41, 5.74) is 1.59. The molecular weight excluding hydrogens is 460 g/mol. The molecule has 0 spiro atoms. The van der Waals surface area contributed by atoms with Gasteiger partial charge in [0.15, 0.2) is 18.1 Å². The fourth-order valence-corrected chi connectivity index (χ4v) is 3.13. The van der Waals surface area contributed by atoms with Crippen LogP contribution >= 0.6 is 15.9 Å². The third-order valence-corrected chi connectivity index (χ3v) is 4.76. The second kappa shape index (κ2) is 11.8. The molecule has 3 aromatic rings. The van der Waals surface area contributed by atoms with Crippen LogP contribution in [0.3, 0.4) is 0 Å². The Balaban J connectivity index is 1.39. The van der Waals surface area contributed by atoms with E-state index in [2.05, 4.69) is 26.6 Å². The van der Waals surface area contributed by atoms with Crippen LogP contribution in [0.1, 0.15) is 15.9 Å². The molecule has 0 saturated carbocycles. The number of nitrogens with one attached hydrogen (secondary N) is 2. The van der Waals surface area contributed by atoms with Gasteiger partial charge in [0.2, 0.25) is 0 Å². The second-order valence-electron chi connectivity index (χ2n) is 6.63. The average molecular weight is 483 g/mol. The summed E-state index contributed by atoms with van der Waals surface area (Å²) < 4.78 is 12.3. The third kappa shape index (κ3) is 7.46. The molecule has 0 fully saturated rings. The summed E-state index contributed by atoms with van der Waals surface area (Å²) in [6.45, 7) is 0.873. The SMILES string of the molecule is O=C(COc1ccccc1OCc1ccccc1)NCCNC(=O)c1cccc(Br)c1. The molecule has 2 N–H and O–H groups in total. The molecule has 2 amide bonds. The lowest BCUT2D eigenvalue weighted by atomic mass is 10.2. The summed E-state index contributed by atoms with van der Waals surface area (Å²) in [6.07, 6.45) is 0. The number of hydrogen-bond acceptors (Lipinski definition) is 4. The highest BCUT2D eigenvalue weighted by Crippen LogP contribution is 2.27. The maximum absolute atomic E-state index is 12.1. The molecule has 160 valence electrons. The van der Waals surface area contributed by atoms with E-state index in [-0.39, 0.29) is 18.4 Å². The van der Waals surface area contributed by atoms with Crippen LogP contribution in [0.2, 0.25) is 0 Å². The highest BCUT2D eigenvalue weighted by molar-refractivity contribution is 9.10. The lowest BCUT2D eigenvalue weighted by Crippen LogP contribution is -2.36. The van der Waals surface area contributed by atoms with E-state index in [1.54, 1.807) is 30.3 Å². The maximum Gasteiger partial charge on any atom is 0.258 e. The number of benzene rings is 3. The zero-order chi connectivity index (χ0) is 21.9. The predicted octanol–water partition coefficient (Wildman–Crippen LogP) is 3.95. The zero-order valence-electron chi connectivity index (χ0n) is 16.8. The van der Waals surface area contributed by atoms with Gasteiger partial charge < -0.3 is 20.1 Å². The minimum Gasteiger partial charge on any atom is -0.485 e. The molecule has 0 aliphatic carbocycles. The second-order valence-corrected chi connectivity index (χ2v) is 7.54. The minimum atomic E-state index is -0.283. The Bertz CT molecular complexity index is 1010. The summed E-state index contributed by atoms with van der Waals surface area (Å²) in [6, 6.07) is 24.1. The predicted molar refractivity (Wildman–Crippen MR) is 122 cm³/mol. The minimum absolute atomic E-state index is 0.148. The Morgan fingerprint density at radius 2 is 1.45 bits per heavy atom. The molecule has 0 bridgehead atoms. The van der Waals surface area contributed by atoms with Gasteiger partial charge in [-0.2, -0.15) is 0 Å². The highest BCUT2D eigenvalue weighted by atomic mass is 79.9. The van der Waals surface area contributed by atoms with Crippen LogP contribution in [0.25, 0.3) is 0 Å². The Kier molecular flexibility index (Phi) is 8.48. The van der Waals surface area contributed by atoms with Crippen molar-refractivity contribution in [1.82, 2.24) is 10.6 Å². The van der Waals surface area contributed by atoms with Crippen LogP contribution in [0, 0.1) is 0 Å². The van der Waals surface area contributed by atoms with Crippen molar-refractivity contribution in [1.29, 1.82) is 0 Å². The summed E-state index contributed by atoms with van der Waals surface area (Å²) >= 11 is 3.33. The Labute approximate surface area is 189 Å². The van der Waals surface area contributed by atoms with E-state index in [0.717, 1.165) is 10.0 Å². The number of carbonyl (C=O) groups excluding carboxylic acids is 2. The van der Waals surface area contributed by atoms with E-state index < -0.39 is 0 Å². The molecule has 0 atom stereocenters. The Hall–Kier alpha value is -3.32. The zero-order valence-corrected chi connectivity index (χ0v) is 18.4. The first-order valence-corrected chi connectivity index (χ1v) is 10.6. The number of rotatable bonds is 10. The molecule has 31 heavy (non-hydrogen) atoms. The molecule has 3 rings (SSSR count). The number of hydrogen-bond donors (Lipinski definition) is 2. The first-order chi connectivity index (χ1) is 15.1. The van der Waals surface area contributed by atoms with Crippen molar-refractivity contribution >= 4 is 27.7 Å². The average Bonchev–Trinajstić information content (AvgIpc) is 2.80. The highest BCUT2D eigenvalue weighted by Gasteiger charge is 2.09. The maximum atomic E-state index is 12.1.